The van der Waals surface area contributed by atoms with Gasteiger partial charge in [-0.15, -0.1) is 0 Å². The maximum atomic E-state index is 9.20. The van der Waals surface area contributed by atoms with Gasteiger partial charge in [-0.25, -0.2) is 0 Å². The van der Waals surface area contributed by atoms with E-state index in [0.717, 1.165) is 0 Å². The van der Waals surface area contributed by atoms with Crippen LogP contribution in [-0.4, -0.2) is 13.0 Å². The van der Waals surface area contributed by atoms with Crippen molar-refractivity contribution in [3.63, 3.8) is 0 Å². The van der Waals surface area contributed by atoms with Crippen LogP contribution in [0.5, 0.6) is 0 Å². The third-order valence-corrected chi connectivity index (χ3v) is 0. The zero-order chi connectivity index (χ0) is 4.50. The Labute approximate surface area is 52.5 Å². The number of rotatable bonds is 0. The average Bonchev–Trinajstić information content (AvgIpc) is 0.722. The van der Waals surface area contributed by atoms with E-state index in [1.165, 1.54) is 0 Å². The molecule has 33 valence electrons. The maximum absolute atomic E-state index is 9.20. The van der Waals surface area contributed by atoms with E-state index in [-0.39, 0.29) is 0 Å². The SMILES string of the molecule is O=[S](=O)(O)[Gd]. The van der Waals surface area contributed by atoms with E-state index in [2.05, 4.69) is 0 Å². The van der Waals surface area contributed by atoms with Crippen LogP contribution in [0.4, 0.5) is 0 Å². The summed E-state index contributed by atoms with van der Waals surface area (Å²) in [6.07, 6.45) is 0. The molecule has 0 fully saturated rings. The minimum absolute atomic E-state index is 0.539. The van der Waals surface area contributed by atoms with Crippen molar-refractivity contribution in [3.05, 3.63) is 0 Å². The van der Waals surface area contributed by atoms with Crippen LogP contribution in [0.1, 0.15) is 0 Å². The molecule has 0 saturated heterocycles. The zero-order valence-corrected chi connectivity index (χ0v) is 5.11. The van der Waals surface area contributed by atoms with Gasteiger partial charge in [-0.2, -0.15) is 0 Å². The van der Waals surface area contributed by atoms with Gasteiger partial charge in [0.1, 0.15) is 0 Å². The zero-order valence-electron chi connectivity index (χ0n) is 2.03. The summed E-state index contributed by atoms with van der Waals surface area (Å²) in [5, 5.41) is 0. The first-order valence-electron chi connectivity index (χ1n) is 0.660. The van der Waals surface area contributed by atoms with Crippen molar-refractivity contribution in [3.8, 4) is 0 Å². The normalized spacial score (nSPS) is 11.6. The molecule has 0 aliphatic carbocycles. The molecule has 0 amide bonds. The molecular weight excluding hydrogens is 237 g/mol. The van der Waals surface area contributed by atoms with Crippen LogP contribution >= 0.6 is 0 Å². The van der Waals surface area contributed by atoms with E-state index < -0.39 is 4.22 Å². The fraction of sp³-hybridized carbons (Fsp3) is 0. The Bertz CT molecular complexity index is 90.1. The molecule has 0 aromatic carbocycles. The van der Waals surface area contributed by atoms with E-state index in [1.54, 1.807) is 0 Å². The summed E-state index contributed by atoms with van der Waals surface area (Å²) in [7, 11) is 0. The Kier molecular flexibility index (Phi) is 2.24. The molecule has 5 heavy (non-hydrogen) atoms. The van der Waals surface area contributed by atoms with Gasteiger partial charge in [-0.05, 0) is 0 Å². The quantitative estimate of drug-likeness (QED) is 0.570. The van der Waals surface area contributed by atoms with Gasteiger partial charge in [0.05, 0.1) is 0 Å². The van der Waals surface area contributed by atoms with Gasteiger partial charge < -0.3 is 0 Å². The van der Waals surface area contributed by atoms with Crippen LogP contribution in [0.2, 0.25) is 0 Å². The number of hydrogen-bond acceptors (Lipinski definition) is 2. The van der Waals surface area contributed by atoms with E-state index in [9.17, 15) is 8.42 Å². The van der Waals surface area contributed by atoms with Crippen molar-refractivity contribution in [1.82, 2.24) is 0 Å². The first kappa shape index (κ1) is 6.23. The molecule has 0 aliphatic heterocycles. The molecule has 5 heteroatoms. The predicted molar refractivity (Wildman–Crippen MR) is 11.5 cm³/mol. The van der Waals surface area contributed by atoms with Crippen molar-refractivity contribution in [2.75, 3.05) is 0 Å². The Hall–Kier alpha value is 1.23. The molecule has 0 aromatic rings. The van der Waals surface area contributed by atoms with Crippen LogP contribution in [0.15, 0.2) is 0 Å². The molecule has 0 aliphatic rings. The predicted octanol–water partition coefficient (Wildman–Crippen LogP) is -0.661. The van der Waals surface area contributed by atoms with E-state index >= 15 is 0 Å². The van der Waals surface area contributed by atoms with Crippen LogP contribution < -0.4 is 0 Å². The summed E-state index contributed by atoms with van der Waals surface area (Å²) >= 11 is 0.539. The second kappa shape index (κ2) is 1.79. The third kappa shape index (κ3) is 35.9. The van der Waals surface area contributed by atoms with Crippen molar-refractivity contribution in [1.29, 1.82) is 0 Å². The first-order chi connectivity index (χ1) is 2.00. The summed E-state index contributed by atoms with van der Waals surface area (Å²) in [4.78, 5) is 0. The first-order valence-corrected chi connectivity index (χ1v) is 4.76. The number of hydrogen-bond donors (Lipinski definition) is 1. The molecule has 0 radical (unpaired) electrons. The molecule has 0 saturated carbocycles. The van der Waals surface area contributed by atoms with Gasteiger partial charge in [-0.1, -0.05) is 0 Å². The van der Waals surface area contributed by atoms with Crippen LogP contribution in [0, 0.1) is 36.0 Å². The van der Waals surface area contributed by atoms with Crippen LogP contribution in [0.25, 0.3) is 0 Å². The molecule has 0 unspecified atom stereocenters. The fourth-order valence-corrected chi connectivity index (χ4v) is 0. The van der Waals surface area contributed by atoms with E-state index in [4.69, 9.17) is 4.55 Å². The molecule has 0 spiro atoms. The van der Waals surface area contributed by atoms with Crippen molar-refractivity contribution < 1.29 is 49.0 Å². The van der Waals surface area contributed by atoms with Gasteiger partial charge in [0.2, 0.25) is 0 Å². The van der Waals surface area contributed by atoms with Crippen molar-refractivity contribution >= 4 is 4.22 Å². The van der Waals surface area contributed by atoms with Crippen molar-refractivity contribution in [2.24, 2.45) is 0 Å². The molecular formula is HGdO3S. The standard InChI is InChI=1S/Gd.HO3S/c;1-4(2)3/h;(H,1,2,3). The van der Waals surface area contributed by atoms with Crippen LogP contribution in [0.3, 0.4) is 0 Å². The minimum atomic E-state index is -3.64. The Balaban J connectivity index is 4.06. The summed E-state index contributed by atoms with van der Waals surface area (Å²) < 4.78 is 22.3. The molecule has 1 N–H and O–H groups in total. The third-order valence-electron chi connectivity index (χ3n) is 0. The Morgan fingerprint density at radius 3 is 1.60 bits per heavy atom. The van der Waals surface area contributed by atoms with Gasteiger partial charge in [-0.3, -0.25) is 0 Å². The van der Waals surface area contributed by atoms with E-state index in [1.807, 2.05) is 0 Å². The topological polar surface area (TPSA) is 54.4 Å². The van der Waals surface area contributed by atoms with Crippen LogP contribution in [-0.2, 0) is 4.22 Å². The second-order valence-electron chi connectivity index (χ2n) is 0.400. The molecule has 0 rings (SSSR count). The molecule has 3 nitrogen and oxygen atoms in total. The van der Waals surface area contributed by atoms with Gasteiger partial charge in [0, 0.05) is 0 Å². The summed E-state index contributed by atoms with van der Waals surface area (Å²) in [6, 6.07) is 0. The molecule has 0 aromatic heterocycles. The molecule has 0 heterocycles. The summed E-state index contributed by atoms with van der Waals surface area (Å²) in [6.45, 7) is 0. The Morgan fingerprint density at radius 1 is 1.60 bits per heavy atom. The monoisotopic (exact) mass is 239 g/mol. The van der Waals surface area contributed by atoms with Crippen molar-refractivity contribution in [2.45, 2.75) is 0 Å². The van der Waals surface area contributed by atoms with E-state index in [0.29, 0.717) is 36.0 Å². The average molecular weight is 238 g/mol. The molecule has 0 atom stereocenters. The van der Waals surface area contributed by atoms with Gasteiger partial charge in [0.25, 0.3) is 0 Å². The summed E-state index contributed by atoms with van der Waals surface area (Å²) in [5.41, 5.74) is 0. The second-order valence-corrected chi connectivity index (χ2v) is 4.71. The Morgan fingerprint density at radius 2 is 1.60 bits per heavy atom. The molecule has 0 bridgehead atoms. The van der Waals surface area contributed by atoms with Gasteiger partial charge in [0.15, 0.2) is 0 Å². The fourth-order valence-electron chi connectivity index (χ4n) is 0. The van der Waals surface area contributed by atoms with Gasteiger partial charge >= 0.3 is 53.2 Å². The summed E-state index contributed by atoms with van der Waals surface area (Å²) in [5.74, 6) is 0.